The molecule has 0 unspecified atom stereocenters. The Morgan fingerprint density at radius 2 is 0.704 bits per heavy atom. The molecule has 0 saturated carbocycles. The summed E-state index contributed by atoms with van der Waals surface area (Å²) in [5.74, 6) is 1.84. The molecular formula is C69H45NO. The van der Waals surface area contributed by atoms with Crippen LogP contribution in [-0.2, 0) is 5.41 Å². The summed E-state index contributed by atoms with van der Waals surface area (Å²) in [5.41, 5.74) is 19.4. The van der Waals surface area contributed by atoms with Gasteiger partial charge in [-0.05, 0) is 114 Å². The summed E-state index contributed by atoms with van der Waals surface area (Å²) < 4.78 is 7.25. The fourth-order valence-corrected chi connectivity index (χ4v) is 11.7. The summed E-state index contributed by atoms with van der Waals surface area (Å²) in [4.78, 5) is 2.40. The summed E-state index contributed by atoms with van der Waals surface area (Å²) in [5, 5.41) is 4.55. The van der Waals surface area contributed by atoms with Crippen molar-refractivity contribution in [3.8, 4) is 67.1 Å². The summed E-state index contributed by atoms with van der Waals surface area (Å²) in [6, 6.07) is 99.6. The fraction of sp³-hybridized carbons (Fsp3) is 0.0145. The van der Waals surface area contributed by atoms with Crippen molar-refractivity contribution in [3.05, 3.63) is 295 Å². The fourth-order valence-electron chi connectivity index (χ4n) is 11.7. The van der Waals surface area contributed by atoms with E-state index in [2.05, 4.69) is 278 Å². The highest BCUT2D eigenvalue weighted by Crippen LogP contribution is 2.65. The average Bonchev–Trinajstić information content (AvgIpc) is 3.74. The summed E-state index contributed by atoms with van der Waals surface area (Å²) in [7, 11) is 0. The molecule has 14 rings (SSSR count). The molecule has 1 heterocycles. The van der Waals surface area contributed by atoms with Gasteiger partial charge in [0, 0.05) is 39.0 Å². The van der Waals surface area contributed by atoms with E-state index in [-0.39, 0.29) is 0 Å². The van der Waals surface area contributed by atoms with Crippen molar-refractivity contribution in [1.29, 1.82) is 0 Å². The van der Waals surface area contributed by atoms with E-state index in [9.17, 15) is 0 Å². The van der Waals surface area contributed by atoms with Crippen LogP contribution in [0, 0.1) is 0 Å². The first-order valence-corrected chi connectivity index (χ1v) is 24.5. The van der Waals surface area contributed by atoms with Crippen molar-refractivity contribution in [2.24, 2.45) is 0 Å². The molecule has 0 aromatic heterocycles. The largest absolute Gasteiger partial charge is 0.455 e. The molecule has 2 aliphatic rings. The lowest BCUT2D eigenvalue weighted by molar-refractivity contribution is 0.447. The molecule has 12 aromatic rings. The number of benzene rings is 12. The van der Waals surface area contributed by atoms with Crippen LogP contribution >= 0.6 is 0 Å². The number of fused-ring (bicyclic) bond motifs is 13. The molecule has 1 spiro atoms. The van der Waals surface area contributed by atoms with E-state index in [0.29, 0.717) is 0 Å². The molecule has 2 heteroatoms. The van der Waals surface area contributed by atoms with Crippen LogP contribution in [0.5, 0.6) is 11.5 Å². The second-order valence-electron chi connectivity index (χ2n) is 18.7. The molecule has 0 N–H and O–H groups in total. The number of hydrogen-bond donors (Lipinski definition) is 0. The van der Waals surface area contributed by atoms with Gasteiger partial charge in [-0.3, -0.25) is 0 Å². The Balaban J connectivity index is 0.941. The third kappa shape index (κ3) is 6.49. The molecule has 0 amide bonds. The smallest absolute Gasteiger partial charge is 0.140 e. The van der Waals surface area contributed by atoms with Gasteiger partial charge in [0.15, 0.2) is 0 Å². The maximum Gasteiger partial charge on any atom is 0.140 e. The van der Waals surface area contributed by atoms with Crippen molar-refractivity contribution in [2.75, 3.05) is 4.90 Å². The van der Waals surface area contributed by atoms with Gasteiger partial charge in [0.1, 0.15) is 11.5 Å². The van der Waals surface area contributed by atoms with Gasteiger partial charge < -0.3 is 9.64 Å². The maximum atomic E-state index is 7.25. The molecule has 12 aromatic carbocycles. The van der Waals surface area contributed by atoms with Gasteiger partial charge in [-0.1, -0.05) is 237 Å². The first kappa shape index (κ1) is 40.8. The molecular weight excluding hydrogens is 859 g/mol. The van der Waals surface area contributed by atoms with Crippen LogP contribution in [-0.4, -0.2) is 0 Å². The monoisotopic (exact) mass is 903 g/mol. The van der Waals surface area contributed by atoms with Crippen molar-refractivity contribution in [1.82, 2.24) is 0 Å². The van der Waals surface area contributed by atoms with Crippen molar-refractivity contribution < 1.29 is 4.74 Å². The number of rotatable bonds is 7. The van der Waals surface area contributed by atoms with Crippen LogP contribution in [0.1, 0.15) is 22.3 Å². The number of anilines is 3. The molecule has 1 aliphatic heterocycles. The molecule has 332 valence electrons. The summed E-state index contributed by atoms with van der Waals surface area (Å²) in [6.45, 7) is 0. The molecule has 0 radical (unpaired) electrons. The van der Waals surface area contributed by atoms with Crippen molar-refractivity contribution in [3.63, 3.8) is 0 Å². The molecule has 71 heavy (non-hydrogen) atoms. The average molecular weight is 904 g/mol. The predicted molar refractivity (Wildman–Crippen MR) is 295 cm³/mol. The molecule has 0 atom stereocenters. The minimum absolute atomic E-state index is 0.635. The third-order valence-corrected chi connectivity index (χ3v) is 14.9. The molecule has 0 fully saturated rings. The molecule has 1 aliphatic carbocycles. The van der Waals surface area contributed by atoms with E-state index < -0.39 is 5.41 Å². The van der Waals surface area contributed by atoms with Crippen LogP contribution in [0.15, 0.2) is 273 Å². The maximum absolute atomic E-state index is 7.25. The van der Waals surface area contributed by atoms with Gasteiger partial charge in [-0.2, -0.15) is 0 Å². The van der Waals surface area contributed by atoms with E-state index in [4.69, 9.17) is 4.74 Å². The molecule has 0 saturated heterocycles. The Morgan fingerprint density at radius 1 is 0.268 bits per heavy atom. The first-order chi connectivity index (χ1) is 35.2. The van der Waals surface area contributed by atoms with E-state index in [1.807, 2.05) is 0 Å². The van der Waals surface area contributed by atoms with Gasteiger partial charge in [-0.15, -0.1) is 0 Å². The lowest BCUT2D eigenvalue weighted by Crippen LogP contribution is -2.32. The minimum Gasteiger partial charge on any atom is -0.455 e. The van der Waals surface area contributed by atoms with Gasteiger partial charge >= 0.3 is 0 Å². The predicted octanol–water partition coefficient (Wildman–Crippen LogP) is 18.6. The van der Waals surface area contributed by atoms with E-state index in [0.717, 1.165) is 66.8 Å². The number of hydrogen-bond acceptors (Lipinski definition) is 2. The van der Waals surface area contributed by atoms with Crippen molar-refractivity contribution in [2.45, 2.75) is 5.41 Å². The Morgan fingerprint density at radius 3 is 1.32 bits per heavy atom. The highest BCUT2D eigenvalue weighted by atomic mass is 16.5. The molecule has 0 bridgehead atoms. The Bertz CT molecular complexity index is 3920. The van der Waals surface area contributed by atoms with Gasteiger partial charge in [0.2, 0.25) is 0 Å². The standard InChI is InChI=1S/C69H45NO/c1-3-16-46(17-4-1)48-32-34-49(35-33-48)50-36-40-55(41-37-50)70(56-24-13-22-53(44-56)47-18-5-2-6-19-47)57-25-14-23-54(45-57)58-29-15-31-63-66(58)61-28-11-12-30-62(61)69(63)64-42-38-51-20-7-9-26-59(51)67(64)71-68-60-27-10-8-21-52(60)39-43-65(68)69/h1-45H. The highest BCUT2D eigenvalue weighted by molar-refractivity contribution is 6.02. The van der Waals surface area contributed by atoms with Gasteiger partial charge in [0.25, 0.3) is 0 Å². The van der Waals surface area contributed by atoms with Crippen LogP contribution in [0.2, 0.25) is 0 Å². The van der Waals surface area contributed by atoms with Crippen LogP contribution in [0.3, 0.4) is 0 Å². The quantitative estimate of drug-likeness (QED) is 0.158. The third-order valence-electron chi connectivity index (χ3n) is 14.9. The van der Waals surface area contributed by atoms with E-state index in [1.54, 1.807) is 0 Å². The number of ether oxygens (including phenoxy) is 1. The Hall–Kier alpha value is -9.24. The van der Waals surface area contributed by atoms with Crippen LogP contribution in [0.25, 0.3) is 77.2 Å². The van der Waals surface area contributed by atoms with Crippen molar-refractivity contribution >= 4 is 38.6 Å². The van der Waals surface area contributed by atoms with Gasteiger partial charge in [0.05, 0.1) is 5.41 Å². The Kier molecular flexibility index (Phi) is 9.47. The first-order valence-electron chi connectivity index (χ1n) is 24.5. The lowest BCUT2D eigenvalue weighted by Gasteiger charge is -2.40. The second kappa shape index (κ2) is 16.5. The Labute approximate surface area is 414 Å². The van der Waals surface area contributed by atoms with Crippen LogP contribution < -0.4 is 9.64 Å². The van der Waals surface area contributed by atoms with Crippen LogP contribution in [0.4, 0.5) is 17.1 Å². The summed E-state index contributed by atoms with van der Waals surface area (Å²) in [6.07, 6.45) is 0. The van der Waals surface area contributed by atoms with E-state index in [1.165, 1.54) is 61.2 Å². The highest BCUT2D eigenvalue weighted by Gasteiger charge is 2.52. The topological polar surface area (TPSA) is 12.5 Å². The minimum atomic E-state index is -0.635. The zero-order valence-corrected chi connectivity index (χ0v) is 38.8. The normalized spacial score (nSPS) is 12.7. The SMILES string of the molecule is c1ccc(-c2ccc(-c3ccc(N(c4cccc(-c5ccccc5)c4)c4cccc(-c5cccc6c5-c5ccccc5C65c6ccc7ccccc7c6Oc6c5ccc5ccccc65)c4)cc3)cc2)cc1. The van der Waals surface area contributed by atoms with Gasteiger partial charge in [-0.25, -0.2) is 0 Å². The lowest BCUT2D eigenvalue weighted by atomic mass is 9.65. The zero-order chi connectivity index (χ0) is 46.9. The second-order valence-corrected chi connectivity index (χ2v) is 18.7. The molecule has 2 nitrogen and oxygen atoms in total. The zero-order valence-electron chi connectivity index (χ0n) is 38.8. The summed E-state index contributed by atoms with van der Waals surface area (Å²) >= 11 is 0. The van der Waals surface area contributed by atoms with E-state index >= 15 is 0 Å². The number of nitrogens with zero attached hydrogens (tertiary/aromatic N) is 1.